The van der Waals surface area contributed by atoms with Crippen LogP contribution in [-0.4, -0.2) is 13.1 Å². The smallest absolute Gasteiger partial charge is 0.135 e. The molecule has 9 aromatic carbocycles. The van der Waals surface area contributed by atoms with E-state index in [0.29, 0.717) is 28.4 Å². The maximum absolute atomic E-state index is 9.60. The van der Waals surface area contributed by atoms with Crippen molar-refractivity contribution in [2.75, 3.05) is 14.7 Å². The largest absolute Gasteiger partial charge is 0.509 e. The second kappa shape index (κ2) is 22.5. The first-order valence-corrected chi connectivity index (χ1v) is 33.8. The minimum absolute atomic E-state index is 0. The van der Waals surface area contributed by atoms with Crippen molar-refractivity contribution < 1.29 is 32.7 Å². The van der Waals surface area contributed by atoms with Crippen molar-refractivity contribution in [3.63, 3.8) is 0 Å². The molecule has 1 spiro atoms. The van der Waals surface area contributed by atoms with Gasteiger partial charge in [0.1, 0.15) is 13.9 Å². The Morgan fingerprint density at radius 2 is 0.923 bits per heavy atom. The molecular formula is C84H87N4OPtSi-3. The summed E-state index contributed by atoms with van der Waals surface area (Å²) in [5.41, 5.74) is 15.9. The molecular weight excluding hydrogens is 1300 g/mol. The quantitative estimate of drug-likeness (QED) is 0.117. The number of fused-ring (bicyclic) bond motifs is 10. The molecule has 4 heterocycles. The summed E-state index contributed by atoms with van der Waals surface area (Å²) in [6, 6.07) is 63.5. The first-order valence-electron chi connectivity index (χ1n) is 34.3. The second-order valence-electron chi connectivity index (χ2n) is 31.2. The molecule has 0 N–H and O–H groups in total. The van der Waals surface area contributed by atoms with Crippen LogP contribution in [-0.2, 0) is 53.6 Å². The molecule has 0 aliphatic carbocycles. The fourth-order valence-corrected chi connectivity index (χ4v) is 18.9. The van der Waals surface area contributed by atoms with Gasteiger partial charge in [-0.2, -0.15) is 12.1 Å². The van der Waals surface area contributed by atoms with Gasteiger partial charge in [-0.1, -0.05) is 245 Å². The average molecular weight is 1400 g/mol. The Hall–Kier alpha value is -7.76. The molecule has 3 aliphatic rings. The molecule has 13 rings (SSSR count). The number of para-hydroxylation sites is 3. The predicted octanol–water partition coefficient (Wildman–Crippen LogP) is 20.1. The van der Waals surface area contributed by atoms with E-state index in [1.54, 1.807) is 0 Å². The summed E-state index contributed by atoms with van der Waals surface area (Å²) in [7, 11) is -3.19. The van der Waals surface area contributed by atoms with Gasteiger partial charge in [0.05, 0.1) is 6.85 Å². The summed E-state index contributed by atoms with van der Waals surface area (Å²) in [5, 5.41) is 5.27. The third kappa shape index (κ3) is 11.2. The predicted molar refractivity (Wildman–Crippen MR) is 384 cm³/mol. The van der Waals surface area contributed by atoms with E-state index in [-0.39, 0.29) is 65.8 Å². The van der Waals surface area contributed by atoms with Gasteiger partial charge >= 0.3 is 0 Å². The van der Waals surface area contributed by atoms with E-state index in [1.165, 1.54) is 48.6 Å². The molecule has 10 aromatic rings. The van der Waals surface area contributed by atoms with Crippen LogP contribution in [0.5, 0.6) is 11.5 Å². The molecule has 0 atom stereocenters. The standard InChI is InChI=1S/C84H87N4OSi.Pt/c1-79(2,3)56-35-38-65-66-39-36-57(80(4,5)6)49-76(66)90(75(65)48-56)73-34-25-24-33-71(73)88(77-50-58(41-42-85-77)81(7,8)9)72-52-64(37-40-74(72)90)89-63-30-26-29-62(51-63)86-53-87(70-32-23-22-31-69(70)86)78-67(54-27-20-19-21-28-54)46-61(84(16,17)18)47-68(78)55-43-59(82(10,11)12)45-60(44-55)83(13,14)15;/h19-50,53H,1-18H3;/q-3;/i19D,20D,21D,27D,28D;. The van der Waals surface area contributed by atoms with Crippen molar-refractivity contribution in [1.29, 1.82) is 0 Å². The van der Waals surface area contributed by atoms with E-state index in [4.69, 9.17) is 13.8 Å². The van der Waals surface area contributed by atoms with Crippen molar-refractivity contribution in [2.24, 2.45) is 0 Å². The van der Waals surface area contributed by atoms with E-state index in [2.05, 4.69) is 273 Å². The number of benzene rings is 9. The minimum atomic E-state index is -3.19. The molecule has 0 unspecified atom stereocenters. The number of hydrogen-bond donors (Lipinski definition) is 0. The topological polar surface area (TPSA) is 31.8 Å². The minimum Gasteiger partial charge on any atom is -0.509 e. The van der Waals surface area contributed by atoms with Gasteiger partial charge in [-0.3, -0.25) is 0 Å². The van der Waals surface area contributed by atoms with Crippen LogP contribution < -0.4 is 40.2 Å². The molecule has 3 aliphatic heterocycles. The Balaban J connectivity index is 0.00000881. The molecule has 0 amide bonds. The van der Waals surface area contributed by atoms with Crippen LogP contribution in [0, 0.1) is 18.8 Å². The molecule has 0 saturated carbocycles. The second-order valence-corrected chi connectivity index (χ2v) is 34.8. The van der Waals surface area contributed by atoms with Gasteiger partial charge in [0.2, 0.25) is 0 Å². The number of ether oxygens (including phenoxy) is 1. The van der Waals surface area contributed by atoms with Crippen LogP contribution in [0.2, 0.25) is 0 Å². The van der Waals surface area contributed by atoms with Crippen molar-refractivity contribution in [3.05, 3.63) is 246 Å². The summed E-state index contributed by atoms with van der Waals surface area (Å²) < 4.78 is 53.2. The molecule has 466 valence electrons. The van der Waals surface area contributed by atoms with Crippen molar-refractivity contribution in [1.82, 2.24) is 4.98 Å². The maximum Gasteiger partial charge on any atom is 0.135 e. The van der Waals surface area contributed by atoms with Crippen LogP contribution in [0.4, 0.5) is 39.9 Å². The molecule has 5 nitrogen and oxygen atoms in total. The summed E-state index contributed by atoms with van der Waals surface area (Å²) in [5.74, 6) is 1.81. The van der Waals surface area contributed by atoms with Gasteiger partial charge in [-0.15, -0.1) is 47.9 Å². The van der Waals surface area contributed by atoms with Gasteiger partial charge in [0.25, 0.3) is 0 Å². The zero-order chi connectivity index (χ0) is 68.2. The molecule has 1 aromatic heterocycles. The van der Waals surface area contributed by atoms with Gasteiger partial charge < -0.3 is 19.4 Å². The Morgan fingerprint density at radius 1 is 0.418 bits per heavy atom. The van der Waals surface area contributed by atoms with Crippen molar-refractivity contribution in [3.8, 4) is 44.9 Å². The molecule has 0 radical (unpaired) electrons. The van der Waals surface area contributed by atoms with E-state index < -0.39 is 31.6 Å². The normalized spacial score (nSPS) is 15.1. The Bertz CT molecular complexity index is 4660. The van der Waals surface area contributed by atoms with Crippen molar-refractivity contribution >= 4 is 68.8 Å². The van der Waals surface area contributed by atoms with E-state index in [9.17, 15) is 2.74 Å². The fraction of sp³-hybridized carbons (Fsp3) is 0.286. The number of anilines is 7. The summed E-state index contributed by atoms with van der Waals surface area (Å²) >= 11 is 0. The zero-order valence-electron chi connectivity index (χ0n) is 61.2. The third-order valence-corrected chi connectivity index (χ3v) is 23.5. The zero-order valence-corrected chi connectivity index (χ0v) is 59.5. The van der Waals surface area contributed by atoms with Gasteiger partial charge in [0, 0.05) is 72.6 Å². The van der Waals surface area contributed by atoms with Crippen LogP contribution in [0.15, 0.2) is 194 Å². The number of aromatic nitrogens is 1. The van der Waals surface area contributed by atoms with E-state index >= 15 is 0 Å². The molecule has 0 saturated heterocycles. The van der Waals surface area contributed by atoms with E-state index in [0.717, 1.165) is 56.4 Å². The maximum atomic E-state index is 9.60. The van der Waals surface area contributed by atoms with Crippen molar-refractivity contribution in [2.45, 2.75) is 157 Å². The summed E-state index contributed by atoms with van der Waals surface area (Å²) in [4.78, 5) is 11.8. The third-order valence-electron chi connectivity index (χ3n) is 18.6. The first-order chi connectivity index (χ1) is 44.5. The molecule has 0 bridgehead atoms. The summed E-state index contributed by atoms with van der Waals surface area (Å²) in [6.07, 6.45) is 1.94. The SMILES string of the molecule is [2H]c1c([2H])c([2H])c(-c2cc(C(C)(C)C)cc(-c3cc(C(C)(C)C)cc(C(C)(C)C)c3)c2N2[CH-]N(c3[c-]c(Oc4[c-]c5c(cc4)[Si]4(c6cc(C(C)(C)C)ccc6-c6ccc(C(C)(C)C)cc64)c4ccccc4N5c4cc(C(C)(C)C)ccn4)ccc3)c3ccccc32)c([2H])c1[2H].[Pt]. The number of rotatable bonds is 7. The van der Waals surface area contributed by atoms with Crippen LogP contribution >= 0.6 is 0 Å². The number of pyridine rings is 1. The average Bonchev–Trinajstić information content (AvgIpc) is 1.47. The molecule has 91 heavy (non-hydrogen) atoms. The monoisotopic (exact) mass is 1400 g/mol. The Kier molecular flexibility index (Phi) is 14.1. The number of nitrogens with zero attached hydrogens (tertiary/aromatic N) is 4. The van der Waals surface area contributed by atoms with Gasteiger partial charge in [0.15, 0.2) is 0 Å². The first kappa shape index (κ1) is 57.2. The fourth-order valence-electron chi connectivity index (χ4n) is 13.3. The number of hydrogen-bond acceptors (Lipinski definition) is 5. The Morgan fingerprint density at radius 3 is 1.49 bits per heavy atom. The molecule has 0 fully saturated rings. The van der Waals surface area contributed by atoms with Gasteiger partial charge in [-0.25, -0.2) is 4.98 Å². The van der Waals surface area contributed by atoms with Crippen LogP contribution in [0.25, 0.3) is 33.4 Å². The molecule has 7 heteroatoms. The van der Waals surface area contributed by atoms with Crippen LogP contribution in [0.1, 0.15) is 165 Å². The van der Waals surface area contributed by atoms with E-state index in [1.807, 2.05) is 49.3 Å². The van der Waals surface area contributed by atoms with Gasteiger partial charge in [-0.05, 0) is 146 Å². The Labute approximate surface area is 565 Å². The van der Waals surface area contributed by atoms with Crippen LogP contribution in [0.3, 0.4) is 0 Å². The summed E-state index contributed by atoms with van der Waals surface area (Å²) in [6.45, 7) is 42.5.